The van der Waals surface area contributed by atoms with Gasteiger partial charge < -0.3 is 10.6 Å². The van der Waals surface area contributed by atoms with E-state index in [-0.39, 0.29) is 0 Å². The average Bonchev–Trinajstić information content (AvgIpc) is 2.69. The van der Waals surface area contributed by atoms with Crippen molar-refractivity contribution in [3.05, 3.63) is 28.7 Å². The molecule has 96 valence electrons. The maximum Gasteiger partial charge on any atom is 0.224 e. The smallest absolute Gasteiger partial charge is 0.224 e. The van der Waals surface area contributed by atoms with Crippen molar-refractivity contribution in [3.63, 3.8) is 0 Å². The predicted molar refractivity (Wildman–Crippen MR) is 71.9 cm³/mol. The zero-order valence-electron chi connectivity index (χ0n) is 10.5. The molecule has 0 radical (unpaired) electrons. The summed E-state index contributed by atoms with van der Waals surface area (Å²) in [5.74, 6) is 1.14. The van der Waals surface area contributed by atoms with Crippen LogP contribution >= 0.6 is 11.6 Å². The lowest BCUT2D eigenvalue weighted by atomic mass is 10.2. The summed E-state index contributed by atoms with van der Waals surface area (Å²) in [7, 11) is 3.67. The van der Waals surface area contributed by atoms with Gasteiger partial charge in [-0.1, -0.05) is 11.6 Å². The summed E-state index contributed by atoms with van der Waals surface area (Å²) < 4.78 is 1.83. The van der Waals surface area contributed by atoms with Gasteiger partial charge in [-0.25, -0.2) is 4.98 Å². The Hall–Kier alpha value is -1.82. The lowest BCUT2D eigenvalue weighted by Crippen LogP contribution is -2.06. The molecule has 18 heavy (non-hydrogen) atoms. The molecular weight excluding hydrogens is 252 g/mol. The molecule has 0 unspecified atom stereocenters. The van der Waals surface area contributed by atoms with Gasteiger partial charge in [-0.15, -0.1) is 0 Å². The van der Waals surface area contributed by atoms with Crippen molar-refractivity contribution in [1.82, 2.24) is 19.7 Å². The molecule has 0 aliphatic carbocycles. The molecule has 7 heteroatoms. The summed E-state index contributed by atoms with van der Waals surface area (Å²) in [6.07, 6.45) is 3.40. The lowest BCUT2D eigenvalue weighted by molar-refractivity contribution is 0.738. The van der Waals surface area contributed by atoms with Crippen molar-refractivity contribution in [2.75, 3.05) is 17.7 Å². The topological polar surface area (TPSA) is 67.7 Å². The fourth-order valence-corrected chi connectivity index (χ4v) is 1.67. The highest BCUT2D eigenvalue weighted by Gasteiger charge is 2.07. The fourth-order valence-electron chi connectivity index (χ4n) is 1.51. The largest absolute Gasteiger partial charge is 0.364 e. The van der Waals surface area contributed by atoms with Gasteiger partial charge in [0.05, 0.1) is 12.4 Å². The molecule has 0 aliphatic rings. The molecule has 6 nitrogen and oxygen atoms in total. The SMILES string of the molecule is CNc1ncc(Cl)c(NCc2cnn(C)c2C)n1. The summed E-state index contributed by atoms with van der Waals surface area (Å²) in [6, 6.07) is 0. The molecule has 0 spiro atoms. The van der Waals surface area contributed by atoms with Crippen molar-refractivity contribution in [1.29, 1.82) is 0 Å². The maximum atomic E-state index is 6.03. The predicted octanol–water partition coefficient (Wildman–Crippen LogP) is 1.83. The molecule has 0 saturated carbocycles. The van der Waals surface area contributed by atoms with Gasteiger partial charge in [0, 0.05) is 31.9 Å². The average molecular weight is 267 g/mol. The molecule has 2 rings (SSSR count). The first-order valence-corrected chi connectivity index (χ1v) is 5.91. The molecule has 0 fully saturated rings. The first-order chi connectivity index (χ1) is 8.61. The van der Waals surface area contributed by atoms with Crippen LogP contribution in [0.2, 0.25) is 5.02 Å². The summed E-state index contributed by atoms with van der Waals surface area (Å²) in [5.41, 5.74) is 2.22. The van der Waals surface area contributed by atoms with E-state index < -0.39 is 0 Å². The van der Waals surface area contributed by atoms with Gasteiger partial charge in [-0.3, -0.25) is 4.68 Å². The van der Waals surface area contributed by atoms with Crippen LogP contribution in [0.4, 0.5) is 11.8 Å². The monoisotopic (exact) mass is 266 g/mol. The van der Waals surface area contributed by atoms with E-state index in [4.69, 9.17) is 11.6 Å². The minimum Gasteiger partial charge on any atom is -0.364 e. The third-order valence-electron chi connectivity index (χ3n) is 2.75. The van der Waals surface area contributed by atoms with Gasteiger partial charge in [-0.2, -0.15) is 10.1 Å². The standard InChI is InChI=1S/C11H15ClN6/c1-7-8(5-16-18(7)3)4-14-10-9(12)6-15-11(13-2)17-10/h5-6H,4H2,1-3H3,(H2,13,14,15,17). The molecular formula is C11H15ClN6. The van der Waals surface area contributed by atoms with Crippen molar-refractivity contribution < 1.29 is 0 Å². The molecule has 0 bridgehead atoms. The number of halogens is 1. The summed E-state index contributed by atoms with van der Waals surface area (Å²) in [5, 5.41) is 10.7. The molecule has 0 saturated heterocycles. The first-order valence-electron chi connectivity index (χ1n) is 5.53. The third-order valence-corrected chi connectivity index (χ3v) is 3.03. The second-order valence-electron chi connectivity index (χ2n) is 3.87. The van der Waals surface area contributed by atoms with Gasteiger partial charge in [0.1, 0.15) is 5.02 Å². The minimum atomic E-state index is 0.496. The third kappa shape index (κ3) is 2.53. The lowest BCUT2D eigenvalue weighted by Gasteiger charge is -2.08. The second-order valence-corrected chi connectivity index (χ2v) is 4.28. The van der Waals surface area contributed by atoms with Gasteiger partial charge in [0.15, 0.2) is 5.82 Å². The summed E-state index contributed by atoms with van der Waals surface area (Å²) in [4.78, 5) is 8.27. The fraction of sp³-hybridized carbons (Fsp3) is 0.364. The Bertz CT molecular complexity index is 550. The number of hydrogen-bond acceptors (Lipinski definition) is 5. The van der Waals surface area contributed by atoms with E-state index in [1.807, 2.05) is 24.9 Å². The Morgan fingerprint density at radius 2 is 2.17 bits per heavy atom. The highest BCUT2D eigenvalue weighted by Crippen LogP contribution is 2.20. The van der Waals surface area contributed by atoms with Crippen LogP contribution in [0.25, 0.3) is 0 Å². The van der Waals surface area contributed by atoms with Crippen LogP contribution in [0, 0.1) is 6.92 Å². The number of anilines is 2. The van der Waals surface area contributed by atoms with Crippen LogP contribution in [0.15, 0.2) is 12.4 Å². The Labute approximate surface area is 110 Å². The van der Waals surface area contributed by atoms with Crippen molar-refractivity contribution in [3.8, 4) is 0 Å². The first kappa shape index (κ1) is 12.6. The minimum absolute atomic E-state index is 0.496. The van der Waals surface area contributed by atoms with Gasteiger partial charge in [-0.05, 0) is 6.92 Å². The normalized spacial score (nSPS) is 10.4. The molecule has 0 aromatic carbocycles. The highest BCUT2D eigenvalue weighted by molar-refractivity contribution is 6.32. The van der Waals surface area contributed by atoms with Crippen molar-refractivity contribution >= 4 is 23.4 Å². The van der Waals surface area contributed by atoms with Gasteiger partial charge >= 0.3 is 0 Å². The highest BCUT2D eigenvalue weighted by atomic mass is 35.5. The van der Waals surface area contributed by atoms with Crippen molar-refractivity contribution in [2.24, 2.45) is 7.05 Å². The molecule has 2 N–H and O–H groups in total. The van der Waals surface area contributed by atoms with Crippen LogP contribution in [-0.4, -0.2) is 26.8 Å². The number of nitrogens with one attached hydrogen (secondary N) is 2. The van der Waals surface area contributed by atoms with Crippen LogP contribution in [0.3, 0.4) is 0 Å². The number of hydrogen-bond donors (Lipinski definition) is 2. The van der Waals surface area contributed by atoms with Crippen molar-refractivity contribution in [2.45, 2.75) is 13.5 Å². The quantitative estimate of drug-likeness (QED) is 0.884. The molecule has 0 atom stereocenters. The van der Waals surface area contributed by atoms with E-state index in [9.17, 15) is 0 Å². The second kappa shape index (κ2) is 5.22. The zero-order valence-corrected chi connectivity index (χ0v) is 11.3. The Morgan fingerprint density at radius 3 is 2.78 bits per heavy atom. The molecule has 2 heterocycles. The maximum absolute atomic E-state index is 6.03. The Balaban J connectivity index is 2.12. The molecule has 2 aromatic heterocycles. The number of aryl methyl sites for hydroxylation is 1. The van der Waals surface area contributed by atoms with E-state index in [2.05, 4.69) is 25.7 Å². The van der Waals surface area contributed by atoms with E-state index in [0.717, 1.165) is 11.3 Å². The van der Waals surface area contributed by atoms with Crippen LogP contribution in [0.5, 0.6) is 0 Å². The number of aromatic nitrogens is 4. The number of nitrogens with zero attached hydrogens (tertiary/aromatic N) is 4. The summed E-state index contributed by atoms with van der Waals surface area (Å²) in [6.45, 7) is 2.64. The molecule has 2 aromatic rings. The van der Waals surface area contributed by atoms with Crippen LogP contribution < -0.4 is 10.6 Å². The van der Waals surface area contributed by atoms with E-state index in [1.165, 1.54) is 0 Å². The van der Waals surface area contributed by atoms with Gasteiger partial charge in [0.2, 0.25) is 5.95 Å². The van der Waals surface area contributed by atoms with Gasteiger partial charge in [0.25, 0.3) is 0 Å². The summed E-state index contributed by atoms with van der Waals surface area (Å²) >= 11 is 6.03. The Morgan fingerprint density at radius 1 is 1.39 bits per heavy atom. The van der Waals surface area contributed by atoms with E-state index in [1.54, 1.807) is 13.2 Å². The van der Waals surface area contributed by atoms with Crippen LogP contribution in [0.1, 0.15) is 11.3 Å². The van der Waals surface area contributed by atoms with E-state index >= 15 is 0 Å². The van der Waals surface area contributed by atoms with E-state index in [0.29, 0.717) is 23.3 Å². The number of rotatable bonds is 4. The molecule has 0 amide bonds. The Kier molecular flexibility index (Phi) is 3.66. The van der Waals surface area contributed by atoms with Crippen LogP contribution in [-0.2, 0) is 13.6 Å². The zero-order chi connectivity index (χ0) is 13.1. The molecule has 0 aliphatic heterocycles.